The van der Waals surface area contributed by atoms with Gasteiger partial charge >= 0.3 is 5.97 Å². The van der Waals surface area contributed by atoms with Crippen LogP contribution in [0.15, 0.2) is 77.3 Å². The Labute approximate surface area is 220 Å². The van der Waals surface area contributed by atoms with Crippen molar-refractivity contribution in [3.8, 4) is 22.5 Å². The number of nitrogens with one attached hydrogen (secondary N) is 1. The van der Waals surface area contributed by atoms with Gasteiger partial charge in [0.2, 0.25) is 0 Å². The summed E-state index contributed by atoms with van der Waals surface area (Å²) < 4.78 is 2.86. The summed E-state index contributed by atoms with van der Waals surface area (Å²) in [5, 5.41) is 17.3. The second-order valence-corrected chi connectivity index (χ2v) is 9.76. The molecule has 1 amide bonds. The number of amides is 1. The first kappa shape index (κ1) is 25.0. The zero-order valence-electron chi connectivity index (χ0n) is 18.5. The van der Waals surface area contributed by atoms with Gasteiger partial charge in [-0.3, -0.25) is 14.3 Å². The van der Waals surface area contributed by atoms with Crippen molar-refractivity contribution in [1.82, 2.24) is 15.1 Å². The number of carbonyl (C=O) groups is 2. The molecule has 0 saturated carbocycles. The maximum absolute atomic E-state index is 12.3. The van der Waals surface area contributed by atoms with Gasteiger partial charge in [-0.05, 0) is 66.6 Å². The van der Waals surface area contributed by atoms with Crippen molar-refractivity contribution >= 4 is 51.0 Å². The van der Waals surface area contributed by atoms with Crippen molar-refractivity contribution < 1.29 is 14.7 Å². The first-order valence-corrected chi connectivity index (χ1v) is 12.2. The molecule has 35 heavy (non-hydrogen) atoms. The largest absolute Gasteiger partial charge is 0.480 e. The highest BCUT2D eigenvalue weighted by Crippen LogP contribution is 2.31. The number of rotatable bonds is 7. The van der Waals surface area contributed by atoms with Gasteiger partial charge in [-0.15, -0.1) is 0 Å². The molecule has 0 aliphatic carbocycles. The second kappa shape index (κ2) is 10.6. The number of carboxylic acid groups (broad SMARTS) is 1. The number of carboxylic acids is 1. The van der Waals surface area contributed by atoms with E-state index >= 15 is 0 Å². The molecule has 0 bridgehead atoms. The lowest BCUT2D eigenvalue weighted by Crippen LogP contribution is -2.38. The molecule has 1 atom stereocenters. The van der Waals surface area contributed by atoms with E-state index in [1.54, 1.807) is 18.2 Å². The minimum Gasteiger partial charge on any atom is -0.480 e. The van der Waals surface area contributed by atoms with Gasteiger partial charge in [-0.25, -0.2) is 0 Å². The summed E-state index contributed by atoms with van der Waals surface area (Å²) in [6.45, 7) is 1.87. The lowest BCUT2D eigenvalue weighted by Gasteiger charge is -2.11. The third-order valence-electron chi connectivity index (χ3n) is 5.34. The summed E-state index contributed by atoms with van der Waals surface area (Å²) in [6.07, 6.45) is 0. The molecule has 0 spiro atoms. The Balaban J connectivity index is 1.65. The molecule has 9 heteroatoms. The standard InChI is InChI=1S/C26H20BrCl2N3O3/c1-15(26(34)35)30-25(33)18-4-2-16(3-5-18)14-32-24(17-6-8-20(27)9-7-17)13-23(31-32)19-10-21(28)12-22(29)11-19/h2-13,15H,14H2,1H3,(H,30,33)(H,34,35)/t15-/m0/s1. The molecule has 0 radical (unpaired) electrons. The molecule has 2 N–H and O–H groups in total. The summed E-state index contributed by atoms with van der Waals surface area (Å²) in [6, 6.07) is 21.2. The molecule has 0 saturated heterocycles. The van der Waals surface area contributed by atoms with Gasteiger partial charge in [0.15, 0.2) is 0 Å². The number of aliphatic carboxylic acids is 1. The molecular formula is C26H20BrCl2N3O3. The van der Waals surface area contributed by atoms with Gasteiger partial charge in [-0.1, -0.05) is 63.4 Å². The fourth-order valence-electron chi connectivity index (χ4n) is 3.51. The summed E-state index contributed by atoms with van der Waals surface area (Å²) in [5.74, 6) is -1.54. The third kappa shape index (κ3) is 6.11. The molecule has 0 fully saturated rings. The topological polar surface area (TPSA) is 84.2 Å². The molecule has 0 unspecified atom stereocenters. The van der Waals surface area contributed by atoms with Crippen LogP contribution in [0.1, 0.15) is 22.8 Å². The molecule has 6 nitrogen and oxygen atoms in total. The molecule has 0 aliphatic rings. The molecule has 178 valence electrons. The van der Waals surface area contributed by atoms with Crippen molar-refractivity contribution in [2.24, 2.45) is 0 Å². The lowest BCUT2D eigenvalue weighted by molar-refractivity contribution is -0.138. The van der Waals surface area contributed by atoms with Gasteiger partial charge in [0, 0.05) is 25.6 Å². The summed E-state index contributed by atoms with van der Waals surface area (Å²) in [4.78, 5) is 23.3. The van der Waals surface area contributed by atoms with E-state index in [4.69, 9.17) is 33.4 Å². The van der Waals surface area contributed by atoms with Crippen LogP contribution in [-0.2, 0) is 11.3 Å². The fourth-order valence-corrected chi connectivity index (χ4v) is 4.30. The first-order chi connectivity index (χ1) is 16.7. The van der Waals surface area contributed by atoms with Crippen molar-refractivity contribution in [3.63, 3.8) is 0 Å². The Morgan fingerprint density at radius 2 is 1.60 bits per heavy atom. The average Bonchev–Trinajstić information content (AvgIpc) is 3.23. The van der Waals surface area contributed by atoms with Crippen LogP contribution >= 0.6 is 39.1 Å². The molecule has 4 aromatic rings. The summed E-state index contributed by atoms with van der Waals surface area (Å²) in [7, 11) is 0. The van der Waals surface area contributed by atoms with Gasteiger partial charge in [-0.2, -0.15) is 5.10 Å². The molecule has 1 aromatic heterocycles. The van der Waals surface area contributed by atoms with Crippen LogP contribution in [0, 0.1) is 0 Å². The maximum atomic E-state index is 12.3. The molecule has 4 rings (SSSR count). The lowest BCUT2D eigenvalue weighted by atomic mass is 10.1. The number of hydrogen-bond donors (Lipinski definition) is 2. The highest BCUT2D eigenvalue weighted by Gasteiger charge is 2.16. The van der Waals surface area contributed by atoms with Gasteiger partial charge in [0.25, 0.3) is 5.91 Å². The number of aromatic nitrogens is 2. The SMILES string of the molecule is C[C@H](NC(=O)c1ccc(Cn2nc(-c3cc(Cl)cc(Cl)c3)cc2-c2ccc(Br)cc2)cc1)C(=O)O. The minimum atomic E-state index is -1.09. The van der Waals surface area contributed by atoms with Gasteiger partial charge in [0.05, 0.1) is 17.9 Å². The highest BCUT2D eigenvalue weighted by atomic mass is 79.9. The summed E-state index contributed by atoms with van der Waals surface area (Å²) in [5.41, 5.74) is 4.72. The number of carbonyl (C=O) groups excluding carboxylic acids is 1. The smallest absolute Gasteiger partial charge is 0.325 e. The Hall–Kier alpha value is -3.13. The second-order valence-electron chi connectivity index (χ2n) is 7.97. The zero-order valence-corrected chi connectivity index (χ0v) is 21.6. The fraction of sp³-hybridized carbons (Fsp3) is 0.115. The van der Waals surface area contributed by atoms with Gasteiger partial charge < -0.3 is 10.4 Å². The van der Waals surface area contributed by atoms with Crippen molar-refractivity contribution in [2.45, 2.75) is 19.5 Å². The van der Waals surface area contributed by atoms with E-state index in [2.05, 4.69) is 21.2 Å². The maximum Gasteiger partial charge on any atom is 0.325 e. The van der Waals surface area contributed by atoms with Crippen LogP contribution < -0.4 is 5.32 Å². The predicted octanol–water partition coefficient (Wildman–Crippen LogP) is 6.54. The van der Waals surface area contributed by atoms with E-state index in [1.807, 2.05) is 59.3 Å². The monoisotopic (exact) mass is 571 g/mol. The molecule has 0 aliphatic heterocycles. The zero-order chi connectivity index (χ0) is 25.1. The van der Waals surface area contributed by atoms with Crippen molar-refractivity contribution in [3.05, 3.63) is 98.4 Å². The van der Waals surface area contributed by atoms with E-state index in [-0.39, 0.29) is 0 Å². The van der Waals surface area contributed by atoms with Gasteiger partial charge in [0.1, 0.15) is 6.04 Å². The number of benzene rings is 3. The van der Waals surface area contributed by atoms with E-state index < -0.39 is 17.9 Å². The third-order valence-corrected chi connectivity index (χ3v) is 6.31. The molecule has 1 heterocycles. The van der Waals surface area contributed by atoms with Crippen LogP contribution in [0.25, 0.3) is 22.5 Å². The number of hydrogen-bond acceptors (Lipinski definition) is 3. The normalized spacial score (nSPS) is 11.8. The van der Waals surface area contributed by atoms with Crippen LogP contribution in [0.4, 0.5) is 0 Å². The van der Waals surface area contributed by atoms with E-state index in [9.17, 15) is 9.59 Å². The first-order valence-electron chi connectivity index (χ1n) is 10.6. The van der Waals surface area contributed by atoms with E-state index in [0.717, 1.165) is 32.6 Å². The Morgan fingerprint density at radius 1 is 0.971 bits per heavy atom. The van der Waals surface area contributed by atoms with Crippen LogP contribution in [-0.4, -0.2) is 32.8 Å². The number of halogens is 3. The predicted molar refractivity (Wildman–Crippen MR) is 141 cm³/mol. The van der Waals surface area contributed by atoms with E-state index in [0.29, 0.717) is 22.2 Å². The summed E-state index contributed by atoms with van der Waals surface area (Å²) >= 11 is 15.9. The van der Waals surface area contributed by atoms with Crippen molar-refractivity contribution in [1.29, 1.82) is 0 Å². The van der Waals surface area contributed by atoms with Crippen LogP contribution in [0.3, 0.4) is 0 Å². The Bertz CT molecular complexity index is 1370. The Morgan fingerprint density at radius 3 is 2.20 bits per heavy atom. The quantitative estimate of drug-likeness (QED) is 0.263. The van der Waals surface area contributed by atoms with Crippen LogP contribution in [0.2, 0.25) is 10.0 Å². The Kier molecular flexibility index (Phi) is 7.60. The molecule has 3 aromatic carbocycles. The van der Waals surface area contributed by atoms with Crippen molar-refractivity contribution in [2.75, 3.05) is 0 Å². The van der Waals surface area contributed by atoms with Crippen LogP contribution in [0.5, 0.6) is 0 Å². The highest BCUT2D eigenvalue weighted by molar-refractivity contribution is 9.10. The van der Waals surface area contributed by atoms with E-state index in [1.165, 1.54) is 6.92 Å². The minimum absolute atomic E-state index is 0.379. The molecular weight excluding hydrogens is 553 g/mol. The number of nitrogens with zero attached hydrogens (tertiary/aromatic N) is 2. The average molecular weight is 573 g/mol.